The third kappa shape index (κ3) is 7.74. The zero-order valence-corrected chi connectivity index (χ0v) is 16.4. The molecular weight excluding hydrogens is 434 g/mol. The molecule has 2 atom stereocenters. The summed E-state index contributed by atoms with van der Waals surface area (Å²) in [6.07, 6.45) is -9.61. The number of nitrogens with two attached hydrogens (primary N) is 2. The molecule has 1 aromatic carbocycles. The molecule has 0 saturated heterocycles. The molecule has 0 aliphatic carbocycles. The van der Waals surface area contributed by atoms with Crippen molar-refractivity contribution in [1.82, 2.24) is 10.6 Å². The number of ketones is 1. The van der Waals surface area contributed by atoms with Gasteiger partial charge < -0.3 is 22.1 Å². The first-order chi connectivity index (χ1) is 14.2. The number of hydrogen-bond acceptors (Lipinski definition) is 5. The van der Waals surface area contributed by atoms with Gasteiger partial charge in [-0.3, -0.25) is 14.4 Å². The van der Waals surface area contributed by atoms with E-state index in [2.05, 4.69) is 5.32 Å². The van der Waals surface area contributed by atoms with E-state index >= 15 is 0 Å². The summed E-state index contributed by atoms with van der Waals surface area (Å²) in [5.41, 5.74) is 8.94. The molecule has 0 saturated carbocycles. The number of hydrogen-bond donors (Lipinski definition) is 4. The van der Waals surface area contributed by atoms with Crippen LogP contribution in [-0.2, 0) is 15.8 Å². The fraction of sp³-hybridized carbons (Fsp3) is 0.500. The highest BCUT2D eigenvalue weighted by atomic mass is 19.4. The zero-order chi connectivity index (χ0) is 24.0. The molecule has 0 radical (unpaired) electrons. The van der Waals surface area contributed by atoms with E-state index in [0.29, 0.717) is 18.6 Å². The van der Waals surface area contributed by atoms with E-state index in [0.717, 1.165) is 13.0 Å². The van der Waals surface area contributed by atoms with Crippen LogP contribution in [-0.4, -0.2) is 42.4 Å². The van der Waals surface area contributed by atoms with Crippen LogP contribution in [0.15, 0.2) is 18.2 Å². The maximum Gasteiger partial charge on any atom is 0.471 e. The van der Waals surface area contributed by atoms with E-state index < -0.39 is 53.2 Å². The summed E-state index contributed by atoms with van der Waals surface area (Å²) in [5, 5.41) is 3.65. The summed E-state index contributed by atoms with van der Waals surface area (Å²) in [6.45, 7) is 1.33. The molecule has 0 unspecified atom stereocenters. The van der Waals surface area contributed by atoms with Crippen LogP contribution in [0, 0.1) is 0 Å². The van der Waals surface area contributed by atoms with Crippen LogP contribution in [0.4, 0.5) is 32.0 Å². The number of carbonyl (C=O) groups is 3. The molecule has 1 aromatic rings. The van der Waals surface area contributed by atoms with Gasteiger partial charge in [-0.05, 0) is 50.9 Å². The third-order valence-electron chi connectivity index (χ3n) is 4.22. The number of benzene rings is 1. The molecule has 174 valence electrons. The number of nitrogens with one attached hydrogen (secondary N) is 2. The Bertz CT molecular complexity index is 810. The van der Waals surface area contributed by atoms with Gasteiger partial charge in [0.05, 0.1) is 11.6 Å². The molecule has 13 heteroatoms. The first-order valence-corrected chi connectivity index (χ1v) is 9.07. The summed E-state index contributed by atoms with van der Waals surface area (Å²) < 4.78 is 76.2. The summed E-state index contributed by atoms with van der Waals surface area (Å²) in [7, 11) is 0. The predicted octanol–water partition coefficient (Wildman–Crippen LogP) is 2.15. The topological polar surface area (TPSA) is 127 Å². The molecule has 0 aliphatic rings. The average molecular weight is 456 g/mol. The second-order valence-corrected chi connectivity index (χ2v) is 6.70. The van der Waals surface area contributed by atoms with Crippen molar-refractivity contribution in [2.45, 2.75) is 50.6 Å². The monoisotopic (exact) mass is 456 g/mol. The maximum atomic E-state index is 12.9. The standard InChI is InChI=1S/C18H22F6N4O3/c1-9(14(29)11-8-10(17(19,20)21)5-6-12(11)26)27-15(30)13(4-2-3-7-25)28-16(31)18(22,23)24/h5-6,8-9,13H,2-4,7,25-26H2,1H3,(H,27,30)(H,28,31)/t9-,13-/m0/s1. The van der Waals surface area contributed by atoms with Crippen molar-refractivity contribution in [3.05, 3.63) is 29.3 Å². The summed E-state index contributed by atoms with van der Waals surface area (Å²) in [6, 6.07) is -0.989. The van der Waals surface area contributed by atoms with Gasteiger partial charge in [0.25, 0.3) is 0 Å². The van der Waals surface area contributed by atoms with Gasteiger partial charge in [-0.25, -0.2) is 0 Å². The number of unbranched alkanes of at least 4 members (excludes halogenated alkanes) is 1. The van der Waals surface area contributed by atoms with Gasteiger partial charge in [-0.1, -0.05) is 0 Å². The molecule has 6 N–H and O–H groups in total. The normalized spacial score (nSPS) is 13.9. The van der Waals surface area contributed by atoms with Crippen LogP contribution < -0.4 is 22.1 Å². The number of nitrogen functional groups attached to an aromatic ring is 1. The Labute approximate surface area is 173 Å². The fourth-order valence-electron chi connectivity index (χ4n) is 2.56. The van der Waals surface area contributed by atoms with Gasteiger partial charge in [0.1, 0.15) is 6.04 Å². The van der Waals surface area contributed by atoms with Crippen molar-refractivity contribution >= 4 is 23.3 Å². The smallest absolute Gasteiger partial charge is 0.398 e. The lowest BCUT2D eigenvalue weighted by molar-refractivity contribution is -0.174. The molecule has 0 fully saturated rings. The predicted molar refractivity (Wildman–Crippen MR) is 98.7 cm³/mol. The lowest BCUT2D eigenvalue weighted by Gasteiger charge is -2.22. The highest BCUT2D eigenvalue weighted by molar-refractivity contribution is 6.06. The summed E-state index contributed by atoms with van der Waals surface area (Å²) in [5.74, 6) is -4.44. The van der Waals surface area contributed by atoms with E-state index in [-0.39, 0.29) is 25.1 Å². The molecule has 31 heavy (non-hydrogen) atoms. The number of amides is 2. The Hall–Kier alpha value is -2.83. The van der Waals surface area contributed by atoms with Gasteiger partial charge in [0.15, 0.2) is 5.78 Å². The summed E-state index contributed by atoms with van der Waals surface area (Å²) in [4.78, 5) is 36.1. The molecule has 0 heterocycles. The lowest BCUT2D eigenvalue weighted by atomic mass is 10.00. The Morgan fingerprint density at radius 2 is 1.65 bits per heavy atom. The number of Topliss-reactive ketones (excluding diaryl/α,β-unsaturated/α-hetero) is 1. The van der Waals surface area contributed by atoms with Gasteiger partial charge in [-0.2, -0.15) is 26.3 Å². The zero-order valence-electron chi connectivity index (χ0n) is 16.4. The largest absolute Gasteiger partial charge is 0.471 e. The van der Waals surface area contributed by atoms with Crippen molar-refractivity contribution in [2.24, 2.45) is 5.73 Å². The van der Waals surface area contributed by atoms with Crippen molar-refractivity contribution in [3.8, 4) is 0 Å². The van der Waals surface area contributed by atoms with Crippen LogP contribution in [0.2, 0.25) is 0 Å². The Balaban J connectivity index is 2.99. The van der Waals surface area contributed by atoms with Gasteiger partial charge in [-0.15, -0.1) is 0 Å². The minimum Gasteiger partial charge on any atom is -0.398 e. The van der Waals surface area contributed by atoms with Gasteiger partial charge in [0, 0.05) is 11.3 Å². The number of rotatable bonds is 9. The highest BCUT2D eigenvalue weighted by Crippen LogP contribution is 2.31. The second kappa shape index (κ2) is 10.5. The van der Waals surface area contributed by atoms with E-state index in [4.69, 9.17) is 11.5 Å². The molecule has 2 amide bonds. The molecule has 1 rings (SSSR count). The van der Waals surface area contributed by atoms with Crippen molar-refractivity contribution < 1.29 is 40.7 Å². The van der Waals surface area contributed by atoms with Crippen molar-refractivity contribution in [2.75, 3.05) is 12.3 Å². The van der Waals surface area contributed by atoms with Crippen LogP contribution in [0.5, 0.6) is 0 Å². The van der Waals surface area contributed by atoms with Crippen molar-refractivity contribution in [3.63, 3.8) is 0 Å². The molecule has 0 aromatic heterocycles. The quantitative estimate of drug-likeness (QED) is 0.196. The second-order valence-electron chi connectivity index (χ2n) is 6.70. The Kier molecular flexibility index (Phi) is 8.85. The molecule has 0 spiro atoms. The van der Waals surface area contributed by atoms with E-state index in [1.165, 1.54) is 5.32 Å². The minimum absolute atomic E-state index is 0.197. The fourth-order valence-corrected chi connectivity index (χ4v) is 2.56. The first-order valence-electron chi connectivity index (χ1n) is 9.07. The Morgan fingerprint density at radius 3 is 2.16 bits per heavy atom. The van der Waals surface area contributed by atoms with Crippen molar-refractivity contribution in [1.29, 1.82) is 0 Å². The highest BCUT2D eigenvalue weighted by Gasteiger charge is 2.41. The van der Waals surface area contributed by atoms with Crippen LogP contribution >= 0.6 is 0 Å². The average Bonchev–Trinajstić information content (AvgIpc) is 2.65. The van der Waals surface area contributed by atoms with E-state index in [1.807, 2.05) is 0 Å². The molecular formula is C18H22F6N4O3. The van der Waals surface area contributed by atoms with Crippen LogP contribution in [0.3, 0.4) is 0 Å². The molecule has 0 aliphatic heterocycles. The third-order valence-corrected chi connectivity index (χ3v) is 4.22. The first kappa shape index (κ1) is 26.2. The van der Waals surface area contributed by atoms with E-state index in [1.54, 1.807) is 0 Å². The number of carbonyl (C=O) groups excluding carboxylic acids is 3. The Morgan fingerprint density at radius 1 is 1.03 bits per heavy atom. The number of halogens is 6. The number of alkyl halides is 6. The van der Waals surface area contributed by atoms with Crippen LogP contribution in [0.25, 0.3) is 0 Å². The van der Waals surface area contributed by atoms with Gasteiger partial charge in [0.2, 0.25) is 5.91 Å². The molecule has 7 nitrogen and oxygen atoms in total. The van der Waals surface area contributed by atoms with Crippen LogP contribution in [0.1, 0.15) is 42.1 Å². The molecule has 0 bridgehead atoms. The van der Waals surface area contributed by atoms with E-state index in [9.17, 15) is 40.7 Å². The minimum atomic E-state index is -5.24. The lowest BCUT2D eigenvalue weighted by Crippen LogP contribution is -2.53. The summed E-state index contributed by atoms with van der Waals surface area (Å²) >= 11 is 0. The number of anilines is 1. The van der Waals surface area contributed by atoms with Gasteiger partial charge >= 0.3 is 18.3 Å². The SMILES string of the molecule is C[C@H](NC(=O)[C@H](CCCCN)NC(=O)C(F)(F)F)C(=O)c1cc(C(F)(F)F)ccc1N. The maximum absolute atomic E-state index is 12.9.